The van der Waals surface area contributed by atoms with Crippen molar-refractivity contribution in [2.24, 2.45) is 23.7 Å². The third-order valence-corrected chi connectivity index (χ3v) is 20.9. The van der Waals surface area contributed by atoms with Crippen molar-refractivity contribution in [1.29, 1.82) is 0 Å². The zero-order valence-corrected chi connectivity index (χ0v) is 66.2. The van der Waals surface area contributed by atoms with E-state index in [-0.39, 0.29) is 25.7 Å². The lowest BCUT2D eigenvalue weighted by molar-refractivity contribution is -0.161. The Morgan fingerprint density at radius 1 is 0.286 bits per heavy atom. The summed E-state index contributed by atoms with van der Waals surface area (Å²) < 4.78 is 68.6. The van der Waals surface area contributed by atoms with Crippen LogP contribution in [0.4, 0.5) is 0 Å². The lowest BCUT2D eigenvalue weighted by Crippen LogP contribution is -2.30. The van der Waals surface area contributed by atoms with Gasteiger partial charge in [0.2, 0.25) is 0 Å². The van der Waals surface area contributed by atoms with Gasteiger partial charge in [-0.3, -0.25) is 37.3 Å². The molecule has 0 fully saturated rings. The number of ether oxygens (including phenoxy) is 4. The summed E-state index contributed by atoms with van der Waals surface area (Å²) in [5, 5.41) is 10.6. The fraction of sp³-hybridized carbons (Fsp3) is 0.949. The van der Waals surface area contributed by atoms with Crippen LogP contribution in [0.5, 0.6) is 0 Å². The molecule has 0 rings (SSSR count). The van der Waals surface area contributed by atoms with Gasteiger partial charge in [0.15, 0.2) is 12.2 Å². The molecule has 0 bridgehead atoms. The lowest BCUT2D eigenvalue weighted by Gasteiger charge is -2.21. The minimum atomic E-state index is -4.96. The van der Waals surface area contributed by atoms with E-state index in [2.05, 4.69) is 55.4 Å². The first-order valence-electron chi connectivity index (χ1n) is 40.8. The summed E-state index contributed by atoms with van der Waals surface area (Å²) in [7, 11) is -9.92. The number of unbranched alkanes of at least 4 members (excludes halogenated alkanes) is 40. The monoisotopic (exact) mass is 1440 g/mol. The van der Waals surface area contributed by atoms with Gasteiger partial charge < -0.3 is 33.8 Å². The highest BCUT2D eigenvalue weighted by atomic mass is 31.2. The van der Waals surface area contributed by atoms with E-state index in [0.717, 1.165) is 114 Å². The van der Waals surface area contributed by atoms with Crippen molar-refractivity contribution < 1.29 is 80.2 Å². The first-order chi connectivity index (χ1) is 47.2. The lowest BCUT2D eigenvalue weighted by atomic mass is 9.99. The molecular formula is C79H154O17P2. The molecule has 0 saturated heterocycles. The smallest absolute Gasteiger partial charge is 0.462 e. The maximum atomic E-state index is 13.1. The van der Waals surface area contributed by atoms with E-state index < -0.39 is 97.5 Å². The van der Waals surface area contributed by atoms with Gasteiger partial charge in [-0.2, -0.15) is 0 Å². The molecule has 4 unspecified atom stereocenters. The van der Waals surface area contributed by atoms with Gasteiger partial charge in [-0.1, -0.05) is 351 Å². The van der Waals surface area contributed by atoms with E-state index in [9.17, 15) is 43.2 Å². The molecule has 582 valence electrons. The van der Waals surface area contributed by atoms with Crippen LogP contribution in [0.3, 0.4) is 0 Å². The Bertz CT molecular complexity index is 1920. The van der Waals surface area contributed by atoms with Crippen LogP contribution in [-0.4, -0.2) is 96.7 Å². The second-order valence-electron chi connectivity index (χ2n) is 29.9. The first kappa shape index (κ1) is 96.1. The number of aliphatic hydroxyl groups is 1. The zero-order valence-electron chi connectivity index (χ0n) is 64.4. The molecule has 0 aromatic heterocycles. The minimum Gasteiger partial charge on any atom is -0.462 e. The van der Waals surface area contributed by atoms with E-state index >= 15 is 0 Å². The maximum Gasteiger partial charge on any atom is 0.472 e. The molecule has 0 aromatic carbocycles. The Labute approximate surface area is 600 Å². The van der Waals surface area contributed by atoms with Crippen molar-refractivity contribution >= 4 is 39.5 Å². The summed E-state index contributed by atoms with van der Waals surface area (Å²) in [6.07, 6.45) is 54.2. The molecule has 17 nitrogen and oxygen atoms in total. The average molecular weight is 1440 g/mol. The molecule has 0 saturated carbocycles. The summed E-state index contributed by atoms with van der Waals surface area (Å²) in [6.45, 7) is 14.2. The van der Waals surface area contributed by atoms with Crippen molar-refractivity contribution in [3.8, 4) is 0 Å². The minimum absolute atomic E-state index is 0.106. The fourth-order valence-electron chi connectivity index (χ4n) is 12.0. The van der Waals surface area contributed by atoms with Gasteiger partial charge in [-0.05, 0) is 49.4 Å². The van der Waals surface area contributed by atoms with Crippen molar-refractivity contribution in [3.63, 3.8) is 0 Å². The van der Waals surface area contributed by atoms with Crippen LogP contribution in [0.1, 0.15) is 402 Å². The standard InChI is InChI=1S/C79H154O17P2/c1-9-71(7)57-49-41-32-26-22-18-15-16-20-24-28-36-46-54-62-79(84)96-75(66-90-77(82)60-52-44-38-37-40-48-56-70(5)6)68-94-98(87,88)92-64-73(80)63-91-97(85,86)93-67-74(65-89-76(81)59-51-43-34-30-29-33-42-50-58-72(8)10-2)95-78(83)61-53-45-35-27-23-19-14-12-11-13-17-21-25-31-39-47-55-69(3)4/h69-75,80H,9-68H2,1-8H3,(H,85,86)(H,87,88)/t71?,72?,73-,74-,75-/m1/s1. The average Bonchev–Trinajstić information content (AvgIpc) is 1.00. The molecule has 0 radical (unpaired) electrons. The van der Waals surface area contributed by atoms with Crippen LogP contribution in [0.15, 0.2) is 0 Å². The highest BCUT2D eigenvalue weighted by Crippen LogP contribution is 2.45. The quantitative estimate of drug-likeness (QED) is 0.0222. The number of aliphatic hydroxyl groups excluding tert-OH is 1. The molecular weight excluding hydrogens is 1280 g/mol. The number of phosphoric acid groups is 2. The summed E-state index contributed by atoms with van der Waals surface area (Å²) in [5.41, 5.74) is 0. The third-order valence-electron chi connectivity index (χ3n) is 19.0. The highest BCUT2D eigenvalue weighted by Gasteiger charge is 2.30. The first-order valence-corrected chi connectivity index (χ1v) is 43.8. The normalized spacial score (nSPS) is 14.6. The predicted molar refractivity (Wildman–Crippen MR) is 400 cm³/mol. The molecule has 3 N–H and O–H groups in total. The second-order valence-corrected chi connectivity index (χ2v) is 32.8. The number of carbonyl (C=O) groups excluding carboxylic acids is 4. The van der Waals surface area contributed by atoms with Crippen LogP contribution in [0.2, 0.25) is 0 Å². The molecule has 98 heavy (non-hydrogen) atoms. The van der Waals surface area contributed by atoms with Gasteiger partial charge >= 0.3 is 39.5 Å². The second kappa shape index (κ2) is 68.2. The van der Waals surface area contributed by atoms with Gasteiger partial charge in [-0.15, -0.1) is 0 Å². The molecule has 0 aromatic rings. The van der Waals surface area contributed by atoms with E-state index in [1.54, 1.807) is 0 Å². The summed E-state index contributed by atoms with van der Waals surface area (Å²) in [5.74, 6) is 0.993. The fourth-order valence-corrected chi connectivity index (χ4v) is 13.6. The van der Waals surface area contributed by atoms with Crippen molar-refractivity contribution in [2.75, 3.05) is 39.6 Å². The van der Waals surface area contributed by atoms with Crippen LogP contribution >= 0.6 is 15.6 Å². The van der Waals surface area contributed by atoms with Gasteiger partial charge in [0, 0.05) is 25.7 Å². The van der Waals surface area contributed by atoms with Gasteiger partial charge in [0.1, 0.15) is 19.3 Å². The molecule has 0 spiro atoms. The topological polar surface area (TPSA) is 237 Å². The van der Waals surface area contributed by atoms with Crippen LogP contribution in [-0.2, 0) is 65.4 Å². The Morgan fingerprint density at radius 2 is 0.490 bits per heavy atom. The summed E-state index contributed by atoms with van der Waals surface area (Å²) >= 11 is 0. The third kappa shape index (κ3) is 69.8. The number of esters is 4. The Kier molecular flexibility index (Phi) is 66.8. The van der Waals surface area contributed by atoms with Crippen molar-refractivity contribution in [1.82, 2.24) is 0 Å². The van der Waals surface area contributed by atoms with E-state index in [1.807, 2.05) is 0 Å². The van der Waals surface area contributed by atoms with Crippen LogP contribution in [0, 0.1) is 23.7 Å². The highest BCUT2D eigenvalue weighted by molar-refractivity contribution is 7.47. The molecule has 0 heterocycles. The number of hydrogen-bond donors (Lipinski definition) is 3. The Balaban J connectivity index is 5.21. The number of hydrogen-bond acceptors (Lipinski definition) is 15. The number of phosphoric ester groups is 2. The van der Waals surface area contributed by atoms with Crippen molar-refractivity contribution in [3.05, 3.63) is 0 Å². The van der Waals surface area contributed by atoms with Crippen molar-refractivity contribution in [2.45, 2.75) is 420 Å². The molecule has 0 amide bonds. The summed E-state index contributed by atoms with van der Waals surface area (Å²) in [4.78, 5) is 72.9. The SMILES string of the molecule is CCC(C)CCCCCCCCCCCCCCCCC(=O)O[C@H](COC(=O)CCCCCCCCC(C)C)COP(=O)(O)OC[C@H](O)COP(=O)(O)OC[C@@H](COC(=O)CCCCCCCCCCC(C)CC)OC(=O)CCCCCCCCCCCCCCCCCCC(C)C. The molecule has 0 aliphatic carbocycles. The van der Waals surface area contributed by atoms with E-state index in [1.165, 1.54) is 199 Å². The van der Waals surface area contributed by atoms with Gasteiger partial charge in [0.05, 0.1) is 26.4 Å². The van der Waals surface area contributed by atoms with Gasteiger partial charge in [-0.25, -0.2) is 9.13 Å². The number of rotatable bonds is 76. The molecule has 7 atom stereocenters. The van der Waals surface area contributed by atoms with E-state index in [4.69, 9.17) is 37.0 Å². The molecule has 19 heteroatoms. The molecule has 0 aliphatic heterocycles. The number of carbonyl (C=O) groups is 4. The summed E-state index contributed by atoms with van der Waals surface area (Å²) in [6, 6.07) is 0. The maximum absolute atomic E-state index is 13.1. The molecule has 0 aliphatic rings. The van der Waals surface area contributed by atoms with Crippen LogP contribution in [0.25, 0.3) is 0 Å². The predicted octanol–water partition coefficient (Wildman–Crippen LogP) is 23.2. The zero-order chi connectivity index (χ0) is 72.4. The Morgan fingerprint density at radius 3 is 0.724 bits per heavy atom. The largest absolute Gasteiger partial charge is 0.472 e. The van der Waals surface area contributed by atoms with Gasteiger partial charge in [0.25, 0.3) is 0 Å². The Hall–Kier alpha value is -1.94. The van der Waals surface area contributed by atoms with Crippen LogP contribution < -0.4 is 0 Å². The van der Waals surface area contributed by atoms with E-state index in [0.29, 0.717) is 31.6 Å².